The summed E-state index contributed by atoms with van der Waals surface area (Å²) in [5.74, 6) is -1.99. The van der Waals surface area contributed by atoms with Crippen LogP contribution in [0.25, 0.3) is 0 Å². The number of hydrogen-bond donors (Lipinski definition) is 3. The molecule has 0 atom stereocenters. The number of benzene rings is 3. The van der Waals surface area contributed by atoms with Gasteiger partial charge in [0.2, 0.25) is 0 Å². The maximum Gasteiger partial charge on any atom is 0.329 e. The highest BCUT2D eigenvalue weighted by molar-refractivity contribution is 6.39. The molecule has 3 rings (SSSR count). The van der Waals surface area contributed by atoms with Crippen molar-refractivity contribution in [2.45, 2.75) is 13.8 Å². The minimum absolute atomic E-state index is 0.299. The lowest BCUT2D eigenvalue weighted by Gasteiger charge is -2.11. The molecule has 0 aliphatic carbocycles. The number of carbonyl (C=O) groups excluding carboxylic acids is 3. The Labute approximate surface area is 207 Å². The van der Waals surface area contributed by atoms with Gasteiger partial charge in [0, 0.05) is 11.4 Å². The van der Waals surface area contributed by atoms with Crippen LogP contribution in [0.4, 0.5) is 15.8 Å². The Hall–Kier alpha value is -4.73. The normalized spacial score (nSPS) is 10.6. The molecule has 36 heavy (non-hydrogen) atoms. The maximum absolute atomic E-state index is 13.0. The number of methoxy groups -OCH3 is 1. The van der Waals surface area contributed by atoms with Gasteiger partial charge in [0.05, 0.1) is 13.3 Å². The number of rotatable bonds is 8. The summed E-state index contributed by atoms with van der Waals surface area (Å²) in [7, 11) is 1.43. The maximum atomic E-state index is 13.0. The average molecular weight is 493 g/mol. The van der Waals surface area contributed by atoms with Crippen molar-refractivity contribution in [3.8, 4) is 11.5 Å². The molecule has 3 N–H and O–H groups in total. The minimum Gasteiger partial charge on any atom is -0.493 e. The monoisotopic (exact) mass is 492 g/mol. The lowest BCUT2D eigenvalue weighted by Crippen LogP contribution is -2.32. The first-order valence-electron chi connectivity index (χ1n) is 10.8. The summed E-state index contributed by atoms with van der Waals surface area (Å²) in [6.45, 7) is 3.55. The Bertz CT molecular complexity index is 1290. The van der Waals surface area contributed by atoms with Crippen LogP contribution in [0, 0.1) is 19.7 Å². The first-order chi connectivity index (χ1) is 17.2. The number of aryl methyl sites for hydroxylation is 2. The van der Waals surface area contributed by atoms with E-state index in [1.54, 1.807) is 30.3 Å². The average Bonchev–Trinajstić information content (AvgIpc) is 2.86. The number of halogens is 1. The summed E-state index contributed by atoms with van der Waals surface area (Å²) < 4.78 is 23.8. The van der Waals surface area contributed by atoms with Crippen LogP contribution in [-0.2, 0) is 14.4 Å². The van der Waals surface area contributed by atoms with Crippen molar-refractivity contribution in [1.29, 1.82) is 0 Å². The summed E-state index contributed by atoms with van der Waals surface area (Å²) in [5.41, 5.74) is 5.72. The Kier molecular flexibility index (Phi) is 8.71. The SMILES string of the molecule is COc1cc(/C=N\NC(=O)C(=O)Nc2ccc(C)c(C)c2)ccc1OCC(=O)Nc1ccc(F)cc1. The number of amides is 3. The van der Waals surface area contributed by atoms with Gasteiger partial charge in [-0.05, 0) is 85.1 Å². The smallest absolute Gasteiger partial charge is 0.329 e. The molecule has 9 nitrogen and oxygen atoms in total. The van der Waals surface area contributed by atoms with Crippen LogP contribution in [0.3, 0.4) is 0 Å². The van der Waals surface area contributed by atoms with Crippen LogP contribution in [0.5, 0.6) is 11.5 Å². The molecule has 0 spiro atoms. The van der Waals surface area contributed by atoms with Gasteiger partial charge in [0.25, 0.3) is 5.91 Å². The van der Waals surface area contributed by atoms with E-state index < -0.39 is 23.5 Å². The molecule has 3 aromatic rings. The fourth-order valence-corrected chi connectivity index (χ4v) is 2.98. The first-order valence-corrected chi connectivity index (χ1v) is 10.8. The van der Waals surface area contributed by atoms with E-state index in [4.69, 9.17) is 9.47 Å². The molecule has 0 aliphatic rings. The van der Waals surface area contributed by atoms with Gasteiger partial charge in [-0.2, -0.15) is 5.10 Å². The van der Waals surface area contributed by atoms with E-state index in [9.17, 15) is 18.8 Å². The fraction of sp³-hybridized carbons (Fsp3) is 0.154. The molecular weight excluding hydrogens is 467 g/mol. The zero-order valence-electron chi connectivity index (χ0n) is 19.9. The number of ether oxygens (including phenoxy) is 2. The van der Waals surface area contributed by atoms with Gasteiger partial charge < -0.3 is 20.1 Å². The van der Waals surface area contributed by atoms with E-state index in [1.807, 2.05) is 19.9 Å². The standard InChI is InChI=1S/C26H25FN4O5/c1-16-4-8-21(12-17(16)2)30-25(33)26(34)31-28-14-18-5-11-22(23(13-18)35-3)36-15-24(32)29-20-9-6-19(27)7-10-20/h4-14H,15H2,1-3H3,(H,29,32)(H,30,33)(H,31,34)/b28-14-. The summed E-state index contributed by atoms with van der Waals surface area (Å²) in [4.78, 5) is 36.2. The highest BCUT2D eigenvalue weighted by atomic mass is 19.1. The van der Waals surface area contributed by atoms with Crippen LogP contribution >= 0.6 is 0 Å². The molecule has 0 aromatic heterocycles. The molecule has 3 amide bonds. The minimum atomic E-state index is -0.927. The van der Waals surface area contributed by atoms with E-state index >= 15 is 0 Å². The number of carbonyl (C=O) groups is 3. The Morgan fingerprint density at radius 1 is 0.861 bits per heavy atom. The van der Waals surface area contributed by atoms with Crippen LogP contribution in [-0.4, -0.2) is 37.7 Å². The number of nitrogens with one attached hydrogen (secondary N) is 3. The van der Waals surface area contributed by atoms with Gasteiger partial charge in [0.1, 0.15) is 5.82 Å². The molecule has 0 aliphatic heterocycles. The van der Waals surface area contributed by atoms with Gasteiger partial charge in [-0.15, -0.1) is 0 Å². The summed E-state index contributed by atoms with van der Waals surface area (Å²) in [6, 6.07) is 15.4. The second kappa shape index (κ2) is 12.1. The summed E-state index contributed by atoms with van der Waals surface area (Å²) in [5, 5.41) is 8.90. The Morgan fingerprint density at radius 2 is 1.58 bits per heavy atom. The molecule has 0 saturated heterocycles. The highest BCUT2D eigenvalue weighted by Gasteiger charge is 2.13. The third-order valence-corrected chi connectivity index (χ3v) is 5.03. The van der Waals surface area contributed by atoms with Crippen molar-refractivity contribution < 1.29 is 28.2 Å². The second-order valence-electron chi connectivity index (χ2n) is 7.71. The van der Waals surface area contributed by atoms with Crippen molar-refractivity contribution in [3.05, 3.63) is 83.2 Å². The first kappa shape index (κ1) is 25.9. The van der Waals surface area contributed by atoms with Crippen molar-refractivity contribution in [2.24, 2.45) is 5.10 Å². The number of nitrogens with zero attached hydrogens (tertiary/aromatic N) is 1. The molecule has 0 fully saturated rings. The fourth-order valence-electron chi connectivity index (χ4n) is 2.98. The zero-order valence-corrected chi connectivity index (χ0v) is 19.9. The predicted octanol–water partition coefficient (Wildman–Crippen LogP) is 3.56. The zero-order chi connectivity index (χ0) is 26.1. The van der Waals surface area contributed by atoms with Gasteiger partial charge in [0.15, 0.2) is 18.1 Å². The molecular formula is C26H25FN4O5. The Morgan fingerprint density at radius 3 is 2.28 bits per heavy atom. The number of hydrazone groups is 1. The summed E-state index contributed by atoms with van der Waals surface area (Å²) in [6.07, 6.45) is 1.33. The van der Waals surface area contributed by atoms with E-state index in [-0.39, 0.29) is 6.61 Å². The van der Waals surface area contributed by atoms with Crippen molar-refractivity contribution in [3.63, 3.8) is 0 Å². The van der Waals surface area contributed by atoms with Gasteiger partial charge in [-0.3, -0.25) is 14.4 Å². The van der Waals surface area contributed by atoms with Crippen LogP contribution < -0.4 is 25.5 Å². The third kappa shape index (κ3) is 7.39. The van der Waals surface area contributed by atoms with Crippen molar-refractivity contribution >= 4 is 35.3 Å². The predicted molar refractivity (Wildman–Crippen MR) is 134 cm³/mol. The lowest BCUT2D eigenvalue weighted by molar-refractivity contribution is -0.136. The van der Waals surface area contributed by atoms with Gasteiger partial charge in [-0.25, -0.2) is 9.82 Å². The molecule has 0 saturated carbocycles. The molecule has 0 radical (unpaired) electrons. The molecule has 0 bridgehead atoms. The van der Waals surface area contributed by atoms with E-state index in [2.05, 4.69) is 21.2 Å². The second-order valence-corrected chi connectivity index (χ2v) is 7.71. The van der Waals surface area contributed by atoms with E-state index in [1.165, 1.54) is 37.6 Å². The van der Waals surface area contributed by atoms with Crippen LogP contribution in [0.15, 0.2) is 65.8 Å². The molecule has 186 valence electrons. The van der Waals surface area contributed by atoms with Gasteiger partial charge in [-0.1, -0.05) is 6.07 Å². The van der Waals surface area contributed by atoms with Crippen molar-refractivity contribution in [1.82, 2.24) is 5.43 Å². The molecule has 0 heterocycles. The number of anilines is 2. The van der Waals surface area contributed by atoms with Crippen molar-refractivity contribution in [2.75, 3.05) is 24.4 Å². The van der Waals surface area contributed by atoms with E-state index in [0.717, 1.165) is 11.1 Å². The quantitative estimate of drug-likeness (QED) is 0.253. The molecule has 10 heteroatoms. The van der Waals surface area contributed by atoms with Crippen LogP contribution in [0.2, 0.25) is 0 Å². The largest absolute Gasteiger partial charge is 0.493 e. The lowest BCUT2D eigenvalue weighted by atomic mass is 10.1. The van der Waals surface area contributed by atoms with Gasteiger partial charge >= 0.3 is 11.8 Å². The highest BCUT2D eigenvalue weighted by Crippen LogP contribution is 2.27. The van der Waals surface area contributed by atoms with E-state index in [0.29, 0.717) is 28.4 Å². The number of hydrogen-bond acceptors (Lipinski definition) is 6. The Balaban J connectivity index is 1.52. The third-order valence-electron chi connectivity index (χ3n) is 5.03. The molecule has 3 aromatic carbocycles. The van der Waals surface area contributed by atoms with Crippen LogP contribution in [0.1, 0.15) is 16.7 Å². The topological polar surface area (TPSA) is 118 Å². The summed E-state index contributed by atoms with van der Waals surface area (Å²) >= 11 is 0. The molecule has 0 unspecified atom stereocenters.